The summed E-state index contributed by atoms with van der Waals surface area (Å²) in [7, 11) is 0. The molecule has 5 nitrogen and oxygen atoms in total. The minimum Gasteiger partial charge on any atom is -0.462 e. The maximum atomic E-state index is 12.5. The first kappa shape index (κ1) is 17.7. The third kappa shape index (κ3) is 3.47. The van der Waals surface area contributed by atoms with E-state index in [0.717, 1.165) is 22.5 Å². The average molecular weight is 342 g/mol. The summed E-state index contributed by atoms with van der Waals surface area (Å²) in [5.41, 5.74) is 3.27. The van der Waals surface area contributed by atoms with Gasteiger partial charge in [0, 0.05) is 5.56 Å². The number of hydrogen-bond acceptors (Lipinski definition) is 5. The van der Waals surface area contributed by atoms with Crippen LogP contribution in [0.5, 0.6) is 0 Å². The van der Waals surface area contributed by atoms with Crippen molar-refractivity contribution < 1.29 is 14.3 Å². The van der Waals surface area contributed by atoms with Crippen molar-refractivity contribution in [2.45, 2.75) is 27.7 Å². The molecule has 0 bridgehead atoms. The summed E-state index contributed by atoms with van der Waals surface area (Å²) in [5.74, 6) is -0.788. The van der Waals surface area contributed by atoms with Crippen molar-refractivity contribution in [1.82, 2.24) is 0 Å². The predicted molar refractivity (Wildman–Crippen MR) is 93.6 cm³/mol. The summed E-state index contributed by atoms with van der Waals surface area (Å²) in [6, 6.07) is 7.58. The molecule has 1 heterocycles. The first-order chi connectivity index (χ1) is 11.4. The number of rotatable bonds is 4. The fourth-order valence-electron chi connectivity index (χ4n) is 2.37. The van der Waals surface area contributed by atoms with Crippen LogP contribution in [0.2, 0.25) is 0 Å². The van der Waals surface area contributed by atoms with Gasteiger partial charge in [-0.1, -0.05) is 17.7 Å². The normalized spacial score (nSPS) is 10.1. The zero-order valence-corrected chi connectivity index (χ0v) is 14.8. The fraction of sp³-hybridized carbons (Fsp3) is 0.278. The van der Waals surface area contributed by atoms with Crippen molar-refractivity contribution in [3.8, 4) is 6.07 Å². The molecule has 0 unspecified atom stereocenters. The molecule has 1 N–H and O–H groups in total. The number of nitrogens with one attached hydrogen (secondary N) is 1. The Morgan fingerprint density at radius 2 is 2.00 bits per heavy atom. The molecule has 0 aliphatic carbocycles. The molecule has 0 saturated carbocycles. The Balaban J connectivity index is 2.35. The Bertz CT molecular complexity index is 847. The third-order valence-corrected chi connectivity index (χ3v) is 4.76. The van der Waals surface area contributed by atoms with Crippen molar-refractivity contribution in [2.24, 2.45) is 0 Å². The molecule has 1 aromatic heterocycles. The Morgan fingerprint density at radius 3 is 2.58 bits per heavy atom. The quantitative estimate of drug-likeness (QED) is 0.853. The summed E-state index contributed by atoms with van der Waals surface area (Å²) < 4.78 is 4.99. The van der Waals surface area contributed by atoms with E-state index in [0.29, 0.717) is 26.6 Å². The summed E-state index contributed by atoms with van der Waals surface area (Å²) in [5, 5.41) is 12.5. The highest BCUT2D eigenvalue weighted by atomic mass is 32.1. The van der Waals surface area contributed by atoms with Gasteiger partial charge in [-0.3, -0.25) is 4.79 Å². The number of nitriles is 1. The van der Waals surface area contributed by atoms with Gasteiger partial charge in [-0.2, -0.15) is 5.26 Å². The van der Waals surface area contributed by atoms with E-state index in [-0.39, 0.29) is 12.5 Å². The standard InChI is InChI=1S/C18H18N2O3S/c1-5-23-18(22)15-12(4)14(9-19)17(24-15)20-16(21)13-7-6-10(2)8-11(13)3/h6-8H,5H2,1-4H3,(H,20,21). The van der Waals surface area contributed by atoms with Gasteiger partial charge in [0.1, 0.15) is 15.9 Å². The number of thiophene rings is 1. The highest BCUT2D eigenvalue weighted by molar-refractivity contribution is 7.18. The Labute approximate surface area is 144 Å². The number of carbonyl (C=O) groups is 2. The van der Waals surface area contributed by atoms with Gasteiger partial charge in [-0.15, -0.1) is 11.3 Å². The second kappa shape index (κ2) is 7.28. The first-order valence-corrected chi connectivity index (χ1v) is 8.29. The monoisotopic (exact) mass is 342 g/mol. The molecular weight excluding hydrogens is 324 g/mol. The van der Waals surface area contributed by atoms with Gasteiger partial charge in [0.15, 0.2) is 0 Å². The molecule has 0 atom stereocenters. The second-order valence-corrected chi connectivity index (χ2v) is 6.39. The summed E-state index contributed by atoms with van der Waals surface area (Å²) in [4.78, 5) is 24.8. The molecule has 0 saturated heterocycles. The Hall–Kier alpha value is -2.65. The maximum Gasteiger partial charge on any atom is 0.348 e. The van der Waals surface area contributed by atoms with E-state index < -0.39 is 5.97 Å². The van der Waals surface area contributed by atoms with Crippen LogP contribution in [0.4, 0.5) is 5.00 Å². The topological polar surface area (TPSA) is 79.2 Å². The van der Waals surface area contributed by atoms with E-state index in [1.54, 1.807) is 19.9 Å². The van der Waals surface area contributed by atoms with Gasteiger partial charge in [-0.25, -0.2) is 4.79 Å². The summed E-state index contributed by atoms with van der Waals surface area (Å²) >= 11 is 1.06. The second-order valence-electron chi connectivity index (χ2n) is 5.37. The SMILES string of the molecule is CCOC(=O)c1sc(NC(=O)c2ccc(C)cc2C)c(C#N)c1C. The number of anilines is 1. The van der Waals surface area contributed by atoms with Crippen LogP contribution in [0.25, 0.3) is 0 Å². The molecule has 0 radical (unpaired) electrons. The van der Waals surface area contributed by atoms with Crippen LogP contribution in [0.3, 0.4) is 0 Å². The van der Waals surface area contributed by atoms with Gasteiger partial charge >= 0.3 is 5.97 Å². The van der Waals surface area contributed by atoms with E-state index in [9.17, 15) is 14.9 Å². The van der Waals surface area contributed by atoms with Crippen LogP contribution in [0.15, 0.2) is 18.2 Å². The molecule has 0 aliphatic rings. The minimum atomic E-state index is -0.483. The lowest BCUT2D eigenvalue weighted by atomic mass is 10.1. The predicted octanol–water partition coefficient (Wildman–Crippen LogP) is 3.97. The van der Waals surface area contributed by atoms with Gasteiger partial charge in [0.2, 0.25) is 0 Å². The molecule has 6 heteroatoms. The lowest BCUT2D eigenvalue weighted by Gasteiger charge is -2.07. The number of esters is 1. The first-order valence-electron chi connectivity index (χ1n) is 7.48. The van der Waals surface area contributed by atoms with Crippen LogP contribution in [0, 0.1) is 32.1 Å². The van der Waals surface area contributed by atoms with E-state index >= 15 is 0 Å². The van der Waals surface area contributed by atoms with Crippen LogP contribution in [-0.4, -0.2) is 18.5 Å². The highest BCUT2D eigenvalue weighted by Crippen LogP contribution is 2.33. The third-order valence-electron chi connectivity index (χ3n) is 3.57. The zero-order chi connectivity index (χ0) is 17.9. The smallest absolute Gasteiger partial charge is 0.348 e. The van der Waals surface area contributed by atoms with Crippen molar-refractivity contribution >= 4 is 28.2 Å². The molecule has 2 aromatic rings. The van der Waals surface area contributed by atoms with E-state index in [2.05, 4.69) is 5.32 Å². The number of aryl methyl sites for hydroxylation is 2. The Kier molecular flexibility index (Phi) is 5.37. The summed E-state index contributed by atoms with van der Waals surface area (Å²) in [6.45, 7) is 7.46. The lowest BCUT2D eigenvalue weighted by molar-refractivity contribution is 0.0531. The van der Waals surface area contributed by atoms with Crippen LogP contribution >= 0.6 is 11.3 Å². The number of ether oxygens (including phenoxy) is 1. The highest BCUT2D eigenvalue weighted by Gasteiger charge is 2.22. The van der Waals surface area contributed by atoms with Gasteiger partial charge in [0.05, 0.1) is 12.2 Å². The number of benzene rings is 1. The van der Waals surface area contributed by atoms with E-state index in [1.165, 1.54) is 0 Å². The maximum absolute atomic E-state index is 12.5. The van der Waals surface area contributed by atoms with Crippen molar-refractivity contribution in [2.75, 3.05) is 11.9 Å². The van der Waals surface area contributed by atoms with Gasteiger partial charge < -0.3 is 10.1 Å². The van der Waals surface area contributed by atoms with Crippen LogP contribution < -0.4 is 5.32 Å². The molecule has 1 aromatic carbocycles. The number of amides is 1. The van der Waals surface area contributed by atoms with Gasteiger partial charge in [-0.05, 0) is 44.9 Å². The molecule has 124 valence electrons. The van der Waals surface area contributed by atoms with Crippen molar-refractivity contribution in [1.29, 1.82) is 5.26 Å². The molecule has 0 spiro atoms. The number of hydrogen-bond donors (Lipinski definition) is 1. The largest absolute Gasteiger partial charge is 0.462 e. The molecule has 1 amide bonds. The zero-order valence-electron chi connectivity index (χ0n) is 14.0. The molecule has 2 rings (SSSR count). The summed E-state index contributed by atoms with van der Waals surface area (Å²) in [6.07, 6.45) is 0. The number of carbonyl (C=O) groups excluding carboxylic acids is 2. The lowest BCUT2D eigenvalue weighted by Crippen LogP contribution is -2.13. The molecular formula is C18H18N2O3S. The van der Waals surface area contributed by atoms with Crippen molar-refractivity contribution in [3.63, 3.8) is 0 Å². The van der Waals surface area contributed by atoms with Crippen LogP contribution in [-0.2, 0) is 4.74 Å². The van der Waals surface area contributed by atoms with Crippen LogP contribution in [0.1, 0.15) is 49.2 Å². The fourth-order valence-corrected chi connectivity index (χ4v) is 3.41. The molecule has 24 heavy (non-hydrogen) atoms. The van der Waals surface area contributed by atoms with E-state index in [4.69, 9.17) is 4.74 Å². The molecule has 0 aliphatic heterocycles. The minimum absolute atomic E-state index is 0.252. The van der Waals surface area contributed by atoms with E-state index in [1.807, 2.05) is 32.0 Å². The average Bonchev–Trinajstić information content (AvgIpc) is 2.83. The Morgan fingerprint density at radius 1 is 1.29 bits per heavy atom. The molecule has 0 fully saturated rings. The van der Waals surface area contributed by atoms with Gasteiger partial charge in [0.25, 0.3) is 5.91 Å². The van der Waals surface area contributed by atoms with Crippen molar-refractivity contribution in [3.05, 3.63) is 50.9 Å². The number of nitrogens with zero attached hydrogens (tertiary/aromatic N) is 1.